The quantitative estimate of drug-likeness (QED) is 0.841. The summed E-state index contributed by atoms with van der Waals surface area (Å²) in [6, 6.07) is 9.35. The molecule has 0 fully saturated rings. The van der Waals surface area contributed by atoms with Gasteiger partial charge in [0.1, 0.15) is 11.6 Å². The summed E-state index contributed by atoms with van der Waals surface area (Å²) in [5.41, 5.74) is 0.484. The molecule has 1 heterocycles. The minimum atomic E-state index is -0.569. The molecule has 23 heavy (non-hydrogen) atoms. The van der Waals surface area contributed by atoms with Gasteiger partial charge in [-0.15, -0.1) is 10.2 Å². The average Bonchev–Trinajstić information content (AvgIpc) is 2.94. The van der Waals surface area contributed by atoms with Crippen LogP contribution in [0.2, 0.25) is 0 Å². The number of nitrogens with one attached hydrogen (secondary N) is 1. The maximum atomic E-state index is 12.1. The van der Waals surface area contributed by atoms with Crippen molar-refractivity contribution in [2.45, 2.75) is 44.1 Å². The van der Waals surface area contributed by atoms with E-state index in [4.69, 9.17) is 9.15 Å². The summed E-state index contributed by atoms with van der Waals surface area (Å²) >= 11 is 1.36. The predicted octanol–water partition coefficient (Wildman–Crippen LogP) is 3.60. The smallest absolute Gasteiger partial charge is 0.408 e. The van der Waals surface area contributed by atoms with Gasteiger partial charge in [0.05, 0.1) is 0 Å². The summed E-state index contributed by atoms with van der Waals surface area (Å²) in [5, 5.41) is 11.2. The molecule has 0 radical (unpaired) electrons. The average molecular weight is 335 g/mol. The van der Waals surface area contributed by atoms with E-state index >= 15 is 0 Å². The SMILES string of the molecule is CSc1nnc([C@@H](Cc2ccccc2)NC(=O)OC(C)(C)C)o1. The van der Waals surface area contributed by atoms with E-state index in [0.717, 1.165) is 5.56 Å². The lowest BCUT2D eigenvalue weighted by Crippen LogP contribution is -2.36. The Labute approximate surface area is 140 Å². The maximum absolute atomic E-state index is 12.1. The molecule has 124 valence electrons. The summed E-state index contributed by atoms with van der Waals surface area (Å²) < 4.78 is 10.9. The van der Waals surface area contributed by atoms with E-state index in [1.54, 1.807) is 0 Å². The number of rotatable bonds is 5. The van der Waals surface area contributed by atoms with Crippen LogP contribution in [0.4, 0.5) is 4.79 Å². The van der Waals surface area contributed by atoms with E-state index < -0.39 is 17.7 Å². The first kappa shape index (κ1) is 17.3. The molecule has 2 rings (SSSR count). The molecule has 1 amide bonds. The molecular formula is C16H21N3O3S. The molecule has 2 aromatic rings. The first-order valence-corrected chi connectivity index (χ1v) is 8.50. The van der Waals surface area contributed by atoms with Crippen molar-refractivity contribution in [3.63, 3.8) is 0 Å². The van der Waals surface area contributed by atoms with Crippen molar-refractivity contribution >= 4 is 17.9 Å². The minimum absolute atomic E-state index is 0.365. The molecule has 0 saturated heterocycles. The second-order valence-corrected chi connectivity index (χ2v) is 6.76. The van der Waals surface area contributed by atoms with E-state index in [1.165, 1.54) is 11.8 Å². The van der Waals surface area contributed by atoms with Gasteiger partial charge >= 0.3 is 6.09 Å². The van der Waals surface area contributed by atoms with Gasteiger partial charge in [-0.25, -0.2) is 4.79 Å². The maximum Gasteiger partial charge on any atom is 0.408 e. The van der Waals surface area contributed by atoms with Gasteiger partial charge in [-0.05, 0) is 32.6 Å². The molecule has 1 atom stereocenters. The molecule has 1 N–H and O–H groups in total. The van der Waals surface area contributed by atoms with Gasteiger partial charge in [-0.2, -0.15) is 0 Å². The van der Waals surface area contributed by atoms with Crippen molar-refractivity contribution in [1.29, 1.82) is 0 Å². The molecule has 0 unspecified atom stereocenters. The van der Waals surface area contributed by atoms with Crippen LogP contribution in [0.1, 0.15) is 38.3 Å². The number of aromatic nitrogens is 2. The summed E-state index contributed by atoms with van der Waals surface area (Å²) in [6.45, 7) is 5.45. The van der Waals surface area contributed by atoms with Gasteiger partial charge in [0.15, 0.2) is 0 Å². The van der Waals surface area contributed by atoms with E-state index in [2.05, 4.69) is 15.5 Å². The molecular weight excluding hydrogens is 314 g/mol. The fourth-order valence-electron chi connectivity index (χ4n) is 1.94. The second-order valence-electron chi connectivity index (χ2n) is 6.00. The van der Waals surface area contributed by atoms with Crippen molar-refractivity contribution in [3.8, 4) is 0 Å². The fourth-order valence-corrected chi connectivity index (χ4v) is 2.23. The van der Waals surface area contributed by atoms with Crippen LogP contribution in [0.25, 0.3) is 0 Å². The van der Waals surface area contributed by atoms with Crippen LogP contribution in [-0.2, 0) is 11.2 Å². The highest BCUT2D eigenvalue weighted by molar-refractivity contribution is 7.98. The molecule has 0 aliphatic rings. The van der Waals surface area contributed by atoms with Crippen molar-refractivity contribution < 1.29 is 13.9 Å². The first-order chi connectivity index (χ1) is 10.9. The Morgan fingerprint density at radius 2 is 2.00 bits per heavy atom. The van der Waals surface area contributed by atoms with Gasteiger partial charge < -0.3 is 14.5 Å². The van der Waals surface area contributed by atoms with Crippen LogP contribution in [0.3, 0.4) is 0 Å². The Morgan fingerprint density at radius 1 is 1.30 bits per heavy atom. The zero-order valence-corrected chi connectivity index (χ0v) is 14.5. The summed E-state index contributed by atoms with van der Waals surface area (Å²) in [4.78, 5) is 12.1. The third kappa shape index (κ3) is 5.59. The van der Waals surface area contributed by atoms with Crippen LogP contribution in [0.15, 0.2) is 40.0 Å². The number of hydrogen-bond donors (Lipinski definition) is 1. The third-order valence-electron chi connectivity index (χ3n) is 2.87. The summed E-state index contributed by atoms with van der Waals surface area (Å²) in [7, 11) is 0. The van der Waals surface area contributed by atoms with Gasteiger partial charge in [0, 0.05) is 6.42 Å². The van der Waals surface area contributed by atoms with Gasteiger partial charge in [-0.3, -0.25) is 0 Å². The Balaban J connectivity index is 2.15. The number of benzene rings is 1. The van der Waals surface area contributed by atoms with Crippen LogP contribution < -0.4 is 5.32 Å². The molecule has 1 aromatic heterocycles. The molecule has 0 aliphatic heterocycles. The number of carbonyl (C=O) groups excluding carboxylic acids is 1. The number of nitrogens with zero attached hydrogens (tertiary/aromatic N) is 2. The lowest BCUT2D eigenvalue weighted by molar-refractivity contribution is 0.0494. The fraction of sp³-hybridized carbons (Fsp3) is 0.438. The molecule has 6 nitrogen and oxygen atoms in total. The Bertz CT molecular complexity index is 638. The monoisotopic (exact) mass is 335 g/mol. The number of hydrogen-bond acceptors (Lipinski definition) is 6. The minimum Gasteiger partial charge on any atom is -0.444 e. The second kappa shape index (κ2) is 7.50. The van der Waals surface area contributed by atoms with Gasteiger partial charge in [0.2, 0.25) is 5.89 Å². The van der Waals surface area contributed by atoms with Crippen molar-refractivity contribution in [1.82, 2.24) is 15.5 Å². The summed E-state index contributed by atoms with van der Waals surface area (Å²) in [6.07, 6.45) is 1.88. The van der Waals surface area contributed by atoms with Crippen molar-refractivity contribution in [2.75, 3.05) is 6.26 Å². The van der Waals surface area contributed by atoms with Crippen LogP contribution in [0.5, 0.6) is 0 Å². The van der Waals surface area contributed by atoms with Crippen LogP contribution >= 0.6 is 11.8 Å². The third-order valence-corrected chi connectivity index (χ3v) is 3.38. The van der Waals surface area contributed by atoms with E-state index in [9.17, 15) is 4.79 Å². The Kier molecular flexibility index (Phi) is 5.65. The largest absolute Gasteiger partial charge is 0.444 e. The lowest BCUT2D eigenvalue weighted by Gasteiger charge is -2.22. The Hall–Kier alpha value is -2.02. The first-order valence-electron chi connectivity index (χ1n) is 7.28. The number of alkyl carbamates (subject to hydrolysis) is 1. The van der Waals surface area contributed by atoms with Crippen molar-refractivity contribution in [3.05, 3.63) is 41.8 Å². The normalized spacial score (nSPS) is 12.7. The lowest BCUT2D eigenvalue weighted by atomic mass is 10.1. The standard InChI is InChI=1S/C16H21N3O3S/c1-16(2,3)22-14(20)17-12(10-11-8-6-5-7-9-11)13-18-19-15(21-13)23-4/h5-9,12H,10H2,1-4H3,(H,17,20)/t12-/m1/s1. The molecule has 0 saturated carbocycles. The molecule has 0 spiro atoms. The zero-order valence-electron chi connectivity index (χ0n) is 13.7. The van der Waals surface area contributed by atoms with Crippen LogP contribution in [-0.4, -0.2) is 28.1 Å². The highest BCUT2D eigenvalue weighted by atomic mass is 32.2. The molecule has 7 heteroatoms. The predicted molar refractivity (Wildman–Crippen MR) is 88.3 cm³/mol. The Morgan fingerprint density at radius 3 is 2.57 bits per heavy atom. The number of ether oxygens (including phenoxy) is 1. The summed E-state index contributed by atoms with van der Waals surface area (Å²) in [5.74, 6) is 0.365. The number of thioether (sulfide) groups is 1. The van der Waals surface area contributed by atoms with Crippen LogP contribution in [0, 0.1) is 0 Å². The van der Waals surface area contributed by atoms with E-state index in [1.807, 2.05) is 57.4 Å². The molecule has 1 aromatic carbocycles. The van der Waals surface area contributed by atoms with Gasteiger partial charge in [-0.1, -0.05) is 42.1 Å². The topological polar surface area (TPSA) is 77.2 Å². The highest BCUT2D eigenvalue weighted by Crippen LogP contribution is 2.21. The molecule has 0 bridgehead atoms. The van der Waals surface area contributed by atoms with Crippen molar-refractivity contribution in [2.24, 2.45) is 0 Å². The number of amides is 1. The zero-order chi connectivity index (χ0) is 16.9. The van der Waals surface area contributed by atoms with Gasteiger partial charge in [0.25, 0.3) is 5.22 Å². The highest BCUT2D eigenvalue weighted by Gasteiger charge is 2.24. The van der Waals surface area contributed by atoms with E-state index in [-0.39, 0.29) is 0 Å². The van der Waals surface area contributed by atoms with E-state index in [0.29, 0.717) is 17.5 Å². The number of carbonyl (C=O) groups is 1. The molecule has 0 aliphatic carbocycles.